The molecule has 132 valence electrons. The summed E-state index contributed by atoms with van der Waals surface area (Å²) in [5.74, 6) is 0. The number of anilines is 1. The van der Waals surface area contributed by atoms with Crippen LogP contribution in [0.2, 0.25) is 0 Å². The highest BCUT2D eigenvalue weighted by atomic mass is 15.3. The molecule has 2 aromatic carbocycles. The molecule has 0 N–H and O–H groups in total. The molecule has 0 atom stereocenters. The van der Waals surface area contributed by atoms with Gasteiger partial charge in [0.1, 0.15) is 0 Å². The van der Waals surface area contributed by atoms with Crippen LogP contribution in [-0.2, 0) is 12.0 Å². The van der Waals surface area contributed by atoms with Gasteiger partial charge in [-0.3, -0.25) is 0 Å². The summed E-state index contributed by atoms with van der Waals surface area (Å²) in [5, 5.41) is 4.60. The highest BCUT2D eigenvalue weighted by molar-refractivity contribution is 5.63. The second-order valence-corrected chi connectivity index (χ2v) is 7.99. The summed E-state index contributed by atoms with van der Waals surface area (Å²) in [6, 6.07) is 17.5. The number of para-hydroxylation sites is 1. The Balaban J connectivity index is 1.42. The Bertz CT molecular complexity index is 934. The molecule has 1 saturated carbocycles. The lowest BCUT2D eigenvalue weighted by atomic mass is 9.81. The van der Waals surface area contributed by atoms with Gasteiger partial charge in [0, 0.05) is 36.0 Å². The second kappa shape index (κ2) is 6.01. The molecule has 0 unspecified atom stereocenters. The normalized spacial score (nSPS) is 17.8. The predicted molar refractivity (Wildman–Crippen MR) is 106 cm³/mol. The van der Waals surface area contributed by atoms with Gasteiger partial charge in [0.05, 0.1) is 11.9 Å². The molecule has 1 aromatic heterocycles. The van der Waals surface area contributed by atoms with Crippen LogP contribution >= 0.6 is 0 Å². The van der Waals surface area contributed by atoms with Crippen molar-refractivity contribution in [1.82, 2.24) is 9.78 Å². The van der Waals surface area contributed by atoms with Crippen LogP contribution in [0.5, 0.6) is 0 Å². The third kappa shape index (κ3) is 2.54. The van der Waals surface area contributed by atoms with E-state index in [1.54, 1.807) is 5.56 Å². The van der Waals surface area contributed by atoms with Crippen LogP contribution in [0.1, 0.15) is 42.4 Å². The Labute approximate surface area is 155 Å². The molecule has 2 heterocycles. The summed E-state index contributed by atoms with van der Waals surface area (Å²) in [4.78, 5) is 2.57. The van der Waals surface area contributed by atoms with Crippen molar-refractivity contribution >= 4 is 5.69 Å². The van der Waals surface area contributed by atoms with Crippen LogP contribution in [0.3, 0.4) is 0 Å². The van der Waals surface area contributed by atoms with Crippen LogP contribution < -0.4 is 4.90 Å². The summed E-state index contributed by atoms with van der Waals surface area (Å²) >= 11 is 0. The molecule has 0 bridgehead atoms. The summed E-state index contributed by atoms with van der Waals surface area (Å²) in [5.41, 5.74) is 7.06. The fraction of sp³-hybridized carbons (Fsp3) is 0.348. The molecule has 1 spiro atoms. The van der Waals surface area contributed by atoms with Gasteiger partial charge in [-0.05, 0) is 49.1 Å². The molecule has 3 aromatic rings. The van der Waals surface area contributed by atoms with Gasteiger partial charge in [-0.25, -0.2) is 4.68 Å². The molecule has 1 aliphatic carbocycles. The second-order valence-electron chi connectivity index (χ2n) is 7.99. The first-order valence-corrected chi connectivity index (χ1v) is 9.69. The van der Waals surface area contributed by atoms with Gasteiger partial charge in [-0.2, -0.15) is 5.10 Å². The molecule has 5 rings (SSSR count). The minimum atomic E-state index is 0.392. The van der Waals surface area contributed by atoms with E-state index >= 15 is 0 Å². The van der Waals surface area contributed by atoms with Gasteiger partial charge >= 0.3 is 0 Å². The number of nitrogens with zero attached hydrogens (tertiary/aromatic N) is 3. The Hall–Kier alpha value is -2.55. The Morgan fingerprint density at radius 2 is 1.88 bits per heavy atom. The number of hydrogen-bond donors (Lipinski definition) is 0. The van der Waals surface area contributed by atoms with Gasteiger partial charge in [-0.15, -0.1) is 0 Å². The van der Waals surface area contributed by atoms with Crippen molar-refractivity contribution in [3.05, 3.63) is 77.6 Å². The number of rotatable bonds is 3. The van der Waals surface area contributed by atoms with Gasteiger partial charge in [-0.1, -0.05) is 43.2 Å². The van der Waals surface area contributed by atoms with Gasteiger partial charge in [0.25, 0.3) is 0 Å². The first-order chi connectivity index (χ1) is 12.7. The molecule has 26 heavy (non-hydrogen) atoms. The third-order valence-corrected chi connectivity index (χ3v) is 6.15. The standard InChI is InChI=1S/C23H25N3/c1-18-7-6-8-20(13-18)26-16-19(14-24-26)15-25-17-23(11-4-5-12-23)21-9-2-3-10-22(21)25/h2-3,6-10,13-14,16H,4-5,11-12,15,17H2,1H3. The first kappa shape index (κ1) is 15.7. The molecule has 2 aliphatic rings. The molecular weight excluding hydrogens is 318 g/mol. The van der Waals surface area contributed by atoms with E-state index in [1.165, 1.54) is 42.5 Å². The Morgan fingerprint density at radius 3 is 2.73 bits per heavy atom. The molecule has 1 fully saturated rings. The number of aryl methyl sites for hydroxylation is 1. The number of benzene rings is 2. The summed E-state index contributed by atoms with van der Waals surface area (Å²) in [6.07, 6.45) is 9.61. The average molecular weight is 343 g/mol. The lowest BCUT2D eigenvalue weighted by molar-refractivity contribution is 0.465. The minimum absolute atomic E-state index is 0.392. The summed E-state index contributed by atoms with van der Waals surface area (Å²) in [6.45, 7) is 4.21. The van der Waals surface area contributed by atoms with Crippen molar-refractivity contribution < 1.29 is 0 Å². The van der Waals surface area contributed by atoms with Crippen LogP contribution in [0.4, 0.5) is 5.69 Å². The van der Waals surface area contributed by atoms with E-state index in [1.807, 2.05) is 10.9 Å². The number of fused-ring (bicyclic) bond motifs is 2. The maximum absolute atomic E-state index is 4.60. The van der Waals surface area contributed by atoms with E-state index in [4.69, 9.17) is 0 Å². The highest BCUT2D eigenvalue weighted by Crippen LogP contribution is 2.50. The van der Waals surface area contributed by atoms with Crippen molar-refractivity contribution in [3.8, 4) is 5.69 Å². The molecular formula is C23H25N3. The van der Waals surface area contributed by atoms with Gasteiger partial charge < -0.3 is 4.90 Å². The largest absolute Gasteiger partial charge is 0.366 e. The number of aromatic nitrogens is 2. The van der Waals surface area contributed by atoms with E-state index < -0.39 is 0 Å². The van der Waals surface area contributed by atoms with E-state index in [9.17, 15) is 0 Å². The van der Waals surface area contributed by atoms with Crippen LogP contribution in [0.15, 0.2) is 60.9 Å². The smallest absolute Gasteiger partial charge is 0.0648 e. The van der Waals surface area contributed by atoms with Crippen molar-refractivity contribution in [2.45, 2.75) is 44.6 Å². The van der Waals surface area contributed by atoms with Crippen molar-refractivity contribution in [2.24, 2.45) is 0 Å². The topological polar surface area (TPSA) is 21.1 Å². The van der Waals surface area contributed by atoms with Crippen LogP contribution in [0.25, 0.3) is 5.69 Å². The zero-order chi connectivity index (χ0) is 17.6. The predicted octanol–water partition coefficient (Wildman–Crippen LogP) is 5.01. The SMILES string of the molecule is Cc1cccc(-n2cc(CN3CC4(CCCC4)c4ccccc43)cn2)c1. The maximum Gasteiger partial charge on any atom is 0.0648 e. The third-order valence-electron chi connectivity index (χ3n) is 6.15. The highest BCUT2D eigenvalue weighted by Gasteiger charge is 2.44. The van der Waals surface area contributed by atoms with E-state index in [0.717, 1.165) is 18.8 Å². The van der Waals surface area contributed by atoms with E-state index in [0.29, 0.717) is 5.41 Å². The summed E-state index contributed by atoms with van der Waals surface area (Å²) < 4.78 is 2.00. The van der Waals surface area contributed by atoms with Crippen LogP contribution in [0, 0.1) is 6.92 Å². The Morgan fingerprint density at radius 1 is 1.04 bits per heavy atom. The molecule has 3 heteroatoms. The minimum Gasteiger partial charge on any atom is -0.366 e. The average Bonchev–Trinajstić information content (AvgIpc) is 3.37. The molecule has 3 nitrogen and oxygen atoms in total. The van der Waals surface area contributed by atoms with E-state index in [-0.39, 0.29) is 0 Å². The first-order valence-electron chi connectivity index (χ1n) is 9.69. The zero-order valence-corrected chi connectivity index (χ0v) is 15.4. The number of hydrogen-bond acceptors (Lipinski definition) is 2. The fourth-order valence-electron chi connectivity index (χ4n) is 4.93. The Kier molecular flexibility index (Phi) is 3.63. The van der Waals surface area contributed by atoms with E-state index in [2.05, 4.69) is 71.7 Å². The lowest BCUT2D eigenvalue weighted by Crippen LogP contribution is -2.30. The molecule has 1 aliphatic heterocycles. The van der Waals surface area contributed by atoms with Crippen molar-refractivity contribution in [2.75, 3.05) is 11.4 Å². The van der Waals surface area contributed by atoms with Crippen molar-refractivity contribution in [1.29, 1.82) is 0 Å². The van der Waals surface area contributed by atoms with Gasteiger partial charge in [0.2, 0.25) is 0 Å². The molecule has 0 radical (unpaired) electrons. The van der Waals surface area contributed by atoms with Crippen LogP contribution in [-0.4, -0.2) is 16.3 Å². The quantitative estimate of drug-likeness (QED) is 0.666. The lowest BCUT2D eigenvalue weighted by Gasteiger charge is -2.25. The zero-order valence-electron chi connectivity index (χ0n) is 15.4. The molecule has 0 saturated heterocycles. The summed E-state index contributed by atoms with van der Waals surface area (Å²) in [7, 11) is 0. The van der Waals surface area contributed by atoms with Gasteiger partial charge in [0.15, 0.2) is 0 Å². The van der Waals surface area contributed by atoms with Crippen molar-refractivity contribution in [3.63, 3.8) is 0 Å². The fourth-order valence-corrected chi connectivity index (χ4v) is 4.93. The monoisotopic (exact) mass is 343 g/mol. The molecule has 0 amide bonds. The maximum atomic E-state index is 4.60.